The van der Waals surface area contributed by atoms with Gasteiger partial charge in [-0.05, 0) is 37.5 Å². The van der Waals surface area contributed by atoms with Crippen LogP contribution in [0.5, 0.6) is 5.75 Å². The van der Waals surface area contributed by atoms with Gasteiger partial charge in [-0.2, -0.15) is 0 Å². The van der Waals surface area contributed by atoms with Crippen LogP contribution in [0.2, 0.25) is 5.02 Å². The lowest BCUT2D eigenvalue weighted by atomic mass is 10.1. The Kier molecular flexibility index (Phi) is 6.67. The molecule has 106 valence electrons. The third-order valence-electron chi connectivity index (χ3n) is 2.74. The lowest BCUT2D eigenvalue weighted by molar-refractivity contribution is -0.121. The van der Waals surface area contributed by atoms with Gasteiger partial charge in [0, 0.05) is 13.0 Å². The zero-order valence-corrected chi connectivity index (χ0v) is 12.0. The lowest BCUT2D eigenvalue weighted by Gasteiger charge is -2.08. The number of hydrogen-bond acceptors (Lipinski definition) is 3. The van der Waals surface area contributed by atoms with Crippen molar-refractivity contribution in [3.63, 3.8) is 0 Å². The molecule has 1 aromatic rings. The summed E-state index contributed by atoms with van der Waals surface area (Å²) in [5.41, 5.74) is 0.997. The van der Waals surface area contributed by atoms with Gasteiger partial charge in [-0.3, -0.25) is 4.79 Å². The molecule has 0 aliphatic carbocycles. The molecule has 0 saturated carbocycles. The van der Waals surface area contributed by atoms with Crippen LogP contribution in [0.3, 0.4) is 0 Å². The van der Waals surface area contributed by atoms with Crippen LogP contribution in [0.4, 0.5) is 0 Å². The second-order valence-corrected chi connectivity index (χ2v) is 4.86. The van der Waals surface area contributed by atoms with E-state index in [1.54, 1.807) is 20.1 Å². The molecule has 0 spiro atoms. The van der Waals surface area contributed by atoms with Crippen LogP contribution in [0.15, 0.2) is 18.2 Å². The fourth-order valence-corrected chi connectivity index (χ4v) is 1.91. The maximum absolute atomic E-state index is 11.6. The molecule has 1 unspecified atom stereocenters. The summed E-state index contributed by atoms with van der Waals surface area (Å²) in [4.78, 5) is 11.6. The van der Waals surface area contributed by atoms with Crippen molar-refractivity contribution in [1.29, 1.82) is 0 Å². The molecular formula is C14H20ClNO3. The molecule has 0 radical (unpaired) electrons. The molecule has 1 rings (SSSR count). The summed E-state index contributed by atoms with van der Waals surface area (Å²) in [7, 11) is 1.57. The highest BCUT2D eigenvalue weighted by Crippen LogP contribution is 2.25. The summed E-state index contributed by atoms with van der Waals surface area (Å²) < 4.78 is 5.07. The number of ether oxygens (including phenoxy) is 1. The molecule has 0 aliphatic rings. The minimum absolute atomic E-state index is 0.0207. The topological polar surface area (TPSA) is 58.6 Å². The van der Waals surface area contributed by atoms with Gasteiger partial charge in [0.05, 0.1) is 18.2 Å². The Bertz CT molecular complexity index is 421. The van der Waals surface area contributed by atoms with Crippen LogP contribution < -0.4 is 10.1 Å². The maximum atomic E-state index is 11.6. The van der Waals surface area contributed by atoms with Crippen LogP contribution in [0.1, 0.15) is 25.3 Å². The van der Waals surface area contributed by atoms with Gasteiger partial charge in [0.15, 0.2) is 0 Å². The Morgan fingerprint density at radius 1 is 1.53 bits per heavy atom. The minimum Gasteiger partial charge on any atom is -0.495 e. The maximum Gasteiger partial charge on any atom is 0.220 e. The minimum atomic E-state index is -0.388. The summed E-state index contributed by atoms with van der Waals surface area (Å²) in [6, 6.07) is 5.50. The Morgan fingerprint density at radius 2 is 2.26 bits per heavy atom. The Hall–Kier alpha value is -1.26. The summed E-state index contributed by atoms with van der Waals surface area (Å²) in [6.45, 7) is 2.20. The smallest absolute Gasteiger partial charge is 0.220 e. The molecular weight excluding hydrogens is 266 g/mol. The number of aliphatic hydroxyl groups excluding tert-OH is 1. The number of carbonyl (C=O) groups excluding carboxylic acids is 1. The van der Waals surface area contributed by atoms with Gasteiger partial charge >= 0.3 is 0 Å². The molecule has 0 aliphatic heterocycles. The van der Waals surface area contributed by atoms with Gasteiger partial charge in [-0.25, -0.2) is 0 Å². The lowest BCUT2D eigenvalue weighted by Crippen LogP contribution is -2.26. The van der Waals surface area contributed by atoms with E-state index in [4.69, 9.17) is 21.4 Å². The van der Waals surface area contributed by atoms with E-state index < -0.39 is 0 Å². The monoisotopic (exact) mass is 285 g/mol. The van der Waals surface area contributed by atoms with Crippen LogP contribution in [-0.4, -0.2) is 30.8 Å². The molecule has 1 amide bonds. The second-order valence-electron chi connectivity index (χ2n) is 4.46. The fraction of sp³-hybridized carbons (Fsp3) is 0.500. The van der Waals surface area contributed by atoms with E-state index in [9.17, 15) is 4.79 Å². The quantitative estimate of drug-likeness (QED) is 0.807. The average molecular weight is 286 g/mol. The molecule has 1 atom stereocenters. The van der Waals surface area contributed by atoms with Crippen molar-refractivity contribution in [2.75, 3.05) is 13.7 Å². The number of aliphatic hydroxyl groups is 1. The number of aryl methyl sites for hydroxylation is 1. The van der Waals surface area contributed by atoms with Crippen molar-refractivity contribution in [2.24, 2.45) is 0 Å². The Labute approximate surface area is 118 Å². The highest BCUT2D eigenvalue weighted by Gasteiger charge is 2.05. The van der Waals surface area contributed by atoms with Gasteiger partial charge in [0.2, 0.25) is 5.91 Å². The molecule has 4 nitrogen and oxygen atoms in total. The number of benzene rings is 1. The van der Waals surface area contributed by atoms with Crippen LogP contribution in [0.25, 0.3) is 0 Å². The molecule has 0 fully saturated rings. The number of amides is 1. The van der Waals surface area contributed by atoms with E-state index in [1.165, 1.54) is 0 Å². The van der Waals surface area contributed by atoms with E-state index in [-0.39, 0.29) is 12.0 Å². The fourth-order valence-electron chi connectivity index (χ4n) is 1.63. The summed E-state index contributed by atoms with van der Waals surface area (Å²) in [6.07, 6.45) is 1.22. The second kappa shape index (κ2) is 8.02. The van der Waals surface area contributed by atoms with Crippen molar-refractivity contribution in [3.8, 4) is 5.75 Å². The summed E-state index contributed by atoms with van der Waals surface area (Å²) >= 11 is 6.01. The first-order valence-electron chi connectivity index (χ1n) is 6.30. The van der Waals surface area contributed by atoms with Gasteiger partial charge in [-0.15, -0.1) is 0 Å². The zero-order chi connectivity index (χ0) is 14.3. The largest absolute Gasteiger partial charge is 0.495 e. The van der Waals surface area contributed by atoms with Crippen LogP contribution in [-0.2, 0) is 11.2 Å². The van der Waals surface area contributed by atoms with E-state index in [0.29, 0.717) is 36.6 Å². The third-order valence-corrected chi connectivity index (χ3v) is 3.04. The summed E-state index contributed by atoms with van der Waals surface area (Å²) in [5, 5.41) is 12.4. The van der Waals surface area contributed by atoms with Gasteiger partial charge in [0.1, 0.15) is 5.75 Å². The van der Waals surface area contributed by atoms with Crippen molar-refractivity contribution < 1.29 is 14.6 Å². The van der Waals surface area contributed by atoms with E-state index in [1.807, 2.05) is 12.1 Å². The SMILES string of the molecule is COc1ccc(CCC(=O)NCCC(C)O)cc1Cl. The van der Waals surface area contributed by atoms with E-state index in [0.717, 1.165) is 5.56 Å². The van der Waals surface area contributed by atoms with Crippen LogP contribution in [0, 0.1) is 0 Å². The van der Waals surface area contributed by atoms with Crippen LogP contribution >= 0.6 is 11.6 Å². The number of halogens is 1. The first-order chi connectivity index (χ1) is 9.02. The van der Waals surface area contributed by atoms with E-state index in [2.05, 4.69) is 5.32 Å². The Morgan fingerprint density at radius 3 is 2.84 bits per heavy atom. The van der Waals surface area contributed by atoms with Crippen molar-refractivity contribution >= 4 is 17.5 Å². The third kappa shape index (κ3) is 5.94. The summed E-state index contributed by atoms with van der Waals surface area (Å²) in [5.74, 6) is 0.611. The molecule has 0 heterocycles. The predicted octanol–water partition coefficient (Wildman–Crippen LogP) is 2.17. The first kappa shape index (κ1) is 15.8. The van der Waals surface area contributed by atoms with Gasteiger partial charge in [-0.1, -0.05) is 17.7 Å². The number of methoxy groups -OCH3 is 1. The standard InChI is InChI=1S/C14H20ClNO3/c1-10(17)7-8-16-14(18)6-4-11-3-5-13(19-2)12(15)9-11/h3,5,9-10,17H,4,6-8H2,1-2H3,(H,16,18). The van der Waals surface area contributed by atoms with Crippen molar-refractivity contribution in [3.05, 3.63) is 28.8 Å². The van der Waals surface area contributed by atoms with Gasteiger partial charge in [0.25, 0.3) is 0 Å². The number of rotatable bonds is 7. The average Bonchev–Trinajstić information content (AvgIpc) is 2.36. The van der Waals surface area contributed by atoms with E-state index >= 15 is 0 Å². The van der Waals surface area contributed by atoms with Gasteiger partial charge < -0.3 is 15.2 Å². The zero-order valence-electron chi connectivity index (χ0n) is 11.3. The number of carbonyl (C=O) groups is 1. The molecule has 0 aromatic heterocycles. The molecule has 2 N–H and O–H groups in total. The highest BCUT2D eigenvalue weighted by atomic mass is 35.5. The number of hydrogen-bond donors (Lipinski definition) is 2. The van der Waals surface area contributed by atoms with Crippen molar-refractivity contribution in [1.82, 2.24) is 5.32 Å². The number of nitrogens with one attached hydrogen (secondary N) is 1. The molecule has 0 bridgehead atoms. The highest BCUT2D eigenvalue weighted by molar-refractivity contribution is 6.32. The molecule has 19 heavy (non-hydrogen) atoms. The molecule has 5 heteroatoms. The molecule has 0 saturated heterocycles. The normalized spacial score (nSPS) is 12.0. The predicted molar refractivity (Wildman–Crippen MR) is 75.6 cm³/mol. The Balaban J connectivity index is 2.36. The molecule has 1 aromatic carbocycles. The van der Waals surface area contributed by atoms with Crippen molar-refractivity contribution in [2.45, 2.75) is 32.3 Å². The first-order valence-corrected chi connectivity index (χ1v) is 6.68.